The van der Waals surface area contributed by atoms with Gasteiger partial charge in [-0.3, -0.25) is 4.79 Å². The Morgan fingerprint density at radius 3 is 1.36 bits per heavy atom. The molecule has 1 amide bonds. The molecule has 3 heterocycles. The van der Waals surface area contributed by atoms with Crippen molar-refractivity contribution in [2.24, 2.45) is 0 Å². The van der Waals surface area contributed by atoms with Crippen molar-refractivity contribution in [1.82, 2.24) is 52.2 Å². The van der Waals surface area contributed by atoms with Gasteiger partial charge in [0.2, 0.25) is 24.3 Å². The summed E-state index contributed by atoms with van der Waals surface area (Å²) in [6.45, 7) is 15.1. The van der Waals surface area contributed by atoms with Gasteiger partial charge in [0.15, 0.2) is 0 Å². The van der Waals surface area contributed by atoms with Crippen LogP contribution < -0.4 is 52.3 Å². The third kappa shape index (κ3) is 11.1. The topological polar surface area (TPSA) is 158 Å². The van der Waals surface area contributed by atoms with Gasteiger partial charge in [0.05, 0.1) is 0 Å². The highest BCUT2D eigenvalue weighted by molar-refractivity contribution is 5.47. The molecule has 1 aromatic rings. The number of rotatable bonds is 7. The Labute approximate surface area is 214 Å². The highest BCUT2D eigenvalue weighted by atomic mass is 16.1. The molecule has 8 N–H and O–H groups in total. The van der Waals surface area contributed by atoms with Crippen LogP contribution in [0.5, 0.6) is 0 Å². The molecular formula is C22H45N13O. The van der Waals surface area contributed by atoms with E-state index in [2.05, 4.69) is 52.3 Å². The summed E-state index contributed by atoms with van der Waals surface area (Å²) in [6, 6.07) is 0. The van der Waals surface area contributed by atoms with Crippen molar-refractivity contribution in [2.45, 2.75) is 0 Å². The fraction of sp³-hybridized carbons (Fsp3) is 0.818. The van der Waals surface area contributed by atoms with Crippen molar-refractivity contribution >= 4 is 24.3 Å². The molecule has 0 radical (unpaired) electrons. The maximum absolute atomic E-state index is 10.6. The largest absolute Gasteiger partial charge is 0.357 e. The van der Waals surface area contributed by atoms with Crippen LogP contribution in [0.1, 0.15) is 0 Å². The molecule has 2 aliphatic heterocycles. The highest BCUT2D eigenvalue weighted by Gasteiger charge is 2.18. The second kappa shape index (κ2) is 18.0. The van der Waals surface area contributed by atoms with E-state index in [-0.39, 0.29) is 0 Å². The summed E-state index contributed by atoms with van der Waals surface area (Å²) in [6.07, 6.45) is 0.699. The minimum absolute atomic E-state index is 0.497. The van der Waals surface area contributed by atoms with E-state index >= 15 is 0 Å². The van der Waals surface area contributed by atoms with Gasteiger partial charge in [-0.15, -0.1) is 0 Å². The van der Waals surface area contributed by atoms with Gasteiger partial charge >= 0.3 is 0 Å². The summed E-state index contributed by atoms with van der Waals surface area (Å²) in [5.74, 6) is 1.86. The first-order valence-electron chi connectivity index (χ1n) is 13.3. The third-order valence-corrected chi connectivity index (χ3v) is 5.96. The summed E-state index contributed by atoms with van der Waals surface area (Å²) < 4.78 is 0. The van der Waals surface area contributed by atoms with Crippen molar-refractivity contribution in [2.75, 3.05) is 133 Å². The second-order valence-electron chi connectivity index (χ2n) is 8.73. The number of nitrogens with one attached hydrogen (secondary N) is 8. The van der Waals surface area contributed by atoms with Gasteiger partial charge in [0.25, 0.3) is 0 Å². The Morgan fingerprint density at radius 1 is 0.583 bits per heavy atom. The zero-order valence-electron chi connectivity index (χ0n) is 21.4. The molecule has 0 saturated carbocycles. The normalized spacial score (nSPS) is 20.2. The summed E-state index contributed by atoms with van der Waals surface area (Å²) in [7, 11) is 0. The molecule has 0 bridgehead atoms. The molecule has 14 heteroatoms. The monoisotopic (exact) mass is 507 g/mol. The molecule has 2 fully saturated rings. The van der Waals surface area contributed by atoms with Crippen LogP contribution >= 0.6 is 0 Å². The van der Waals surface area contributed by atoms with Crippen LogP contribution in [0.2, 0.25) is 0 Å². The Morgan fingerprint density at radius 2 is 0.972 bits per heavy atom. The lowest BCUT2D eigenvalue weighted by Crippen LogP contribution is -2.43. The number of hydrogen-bond acceptors (Lipinski definition) is 13. The molecule has 0 unspecified atom stereocenters. The maximum atomic E-state index is 10.6. The minimum atomic E-state index is 0.497. The number of amides is 1. The molecule has 0 spiro atoms. The lowest BCUT2D eigenvalue weighted by atomic mass is 10.4. The van der Waals surface area contributed by atoms with E-state index in [0.717, 1.165) is 105 Å². The van der Waals surface area contributed by atoms with Gasteiger partial charge in [-0.2, -0.15) is 15.0 Å². The summed E-state index contributed by atoms with van der Waals surface area (Å²) in [5.41, 5.74) is 0. The quantitative estimate of drug-likeness (QED) is 0.134. The highest BCUT2D eigenvalue weighted by Crippen LogP contribution is 2.16. The Hall–Kier alpha value is -2.36. The number of carbonyl (C=O) groups is 1. The number of aromatic nitrogens is 3. The predicted molar refractivity (Wildman–Crippen MR) is 144 cm³/mol. The average Bonchev–Trinajstić information content (AvgIpc) is 2.87. The lowest BCUT2D eigenvalue weighted by molar-refractivity contribution is -0.109. The number of carbonyl (C=O) groups excluding carboxylic acids is 1. The first kappa shape index (κ1) is 28.2. The molecule has 2 aliphatic rings. The van der Waals surface area contributed by atoms with Crippen LogP contribution in [-0.4, -0.2) is 139 Å². The van der Waals surface area contributed by atoms with Gasteiger partial charge < -0.3 is 52.3 Å². The molecule has 0 aromatic carbocycles. The van der Waals surface area contributed by atoms with Crippen LogP contribution in [0.15, 0.2) is 0 Å². The fourth-order valence-electron chi connectivity index (χ4n) is 3.96. The number of anilines is 3. The predicted octanol–water partition coefficient (Wildman–Crippen LogP) is -3.79. The Bertz CT molecular complexity index is 653. The Kier molecular flexibility index (Phi) is 14.1. The van der Waals surface area contributed by atoms with E-state index < -0.39 is 0 Å². The van der Waals surface area contributed by atoms with E-state index in [9.17, 15) is 4.79 Å². The van der Waals surface area contributed by atoms with Crippen molar-refractivity contribution in [1.29, 1.82) is 0 Å². The summed E-state index contributed by atoms with van der Waals surface area (Å²) in [5, 5.41) is 26.8. The first-order chi connectivity index (χ1) is 17.9. The molecule has 2 saturated heterocycles. The van der Waals surface area contributed by atoms with E-state index in [1.165, 1.54) is 0 Å². The van der Waals surface area contributed by atoms with Crippen LogP contribution in [0, 0.1) is 0 Å². The van der Waals surface area contributed by atoms with E-state index in [4.69, 9.17) is 15.0 Å². The fourth-order valence-corrected chi connectivity index (χ4v) is 3.96. The smallest absolute Gasteiger partial charge is 0.232 e. The molecule has 1 aromatic heterocycles. The summed E-state index contributed by atoms with van der Waals surface area (Å²) >= 11 is 0. The van der Waals surface area contributed by atoms with Crippen LogP contribution in [-0.2, 0) is 4.79 Å². The molecule has 0 aliphatic carbocycles. The van der Waals surface area contributed by atoms with Crippen molar-refractivity contribution < 1.29 is 4.79 Å². The van der Waals surface area contributed by atoms with Crippen molar-refractivity contribution in [3.05, 3.63) is 0 Å². The van der Waals surface area contributed by atoms with E-state index in [0.29, 0.717) is 37.3 Å². The molecule has 36 heavy (non-hydrogen) atoms. The van der Waals surface area contributed by atoms with Gasteiger partial charge in [-0.05, 0) is 0 Å². The molecule has 14 nitrogen and oxygen atoms in total. The minimum Gasteiger partial charge on any atom is -0.357 e. The van der Waals surface area contributed by atoms with Crippen LogP contribution in [0.4, 0.5) is 17.8 Å². The molecular weight excluding hydrogens is 462 g/mol. The van der Waals surface area contributed by atoms with E-state index in [1.807, 2.05) is 0 Å². The van der Waals surface area contributed by atoms with Gasteiger partial charge in [-0.1, -0.05) is 0 Å². The maximum Gasteiger partial charge on any atom is 0.232 e. The van der Waals surface area contributed by atoms with Crippen LogP contribution in [0.3, 0.4) is 0 Å². The Balaban J connectivity index is 1.78. The first-order valence-corrected chi connectivity index (χ1v) is 13.3. The molecule has 204 valence electrons. The van der Waals surface area contributed by atoms with Crippen molar-refractivity contribution in [3.63, 3.8) is 0 Å². The number of nitrogens with zero attached hydrogens (tertiary/aromatic N) is 5. The van der Waals surface area contributed by atoms with Gasteiger partial charge in [-0.25, -0.2) is 0 Å². The van der Waals surface area contributed by atoms with Crippen LogP contribution in [0.25, 0.3) is 0 Å². The van der Waals surface area contributed by atoms with Gasteiger partial charge in [0.1, 0.15) is 0 Å². The SMILES string of the molecule is O=CNCCNc1nc(N2CCNCCNCCNCC2)nc(N2CCNCCNCCNCC2)n1. The van der Waals surface area contributed by atoms with Crippen molar-refractivity contribution in [3.8, 4) is 0 Å². The second-order valence-corrected chi connectivity index (χ2v) is 8.73. The lowest BCUT2D eigenvalue weighted by Gasteiger charge is -2.28. The zero-order chi connectivity index (χ0) is 25.1. The third-order valence-electron chi connectivity index (χ3n) is 5.96. The average molecular weight is 508 g/mol. The standard InChI is InChI=1S/C22H45N13O/c36-19-29-9-10-30-20-31-21(34-15-11-25-5-1-23-2-6-26-12-16-34)33-22(32-20)35-17-13-27-7-3-24-4-8-28-14-18-35/h19,23-28H,1-18H2,(H,29,36)(H,30,31,32,33). The summed E-state index contributed by atoms with van der Waals surface area (Å²) in [4.78, 5) is 29.5. The number of hydrogen-bond donors (Lipinski definition) is 8. The zero-order valence-corrected chi connectivity index (χ0v) is 21.4. The molecule has 3 rings (SSSR count). The van der Waals surface area contributed by atoms with E-state index in [1.54, 1.807) is 0 Å². The van der Waals surface area contributed by atoms with Gasteiger partial charge in [0, 0.05) is 118 Å². The molecule has 0 atom stereocenters.